The third-order valence-corrected chi connectivity index (χ3v) is 7.44. The van der Waals surface area contributed by atoms with E-state index >= 15 is 0 Å². The summed E-state index contributed by atoms with van der Waals surface area (Å²) < 4.78 is 5.23. The van der Waals surface area contributed by atoms with Crippen LogP contribution in [0.4, 0.5) is 10.7 Å². The molecule has 8 heteroatoms. The number of nitrogens with one attached hydrogen (secondary N) is 3. The van der Waals surface area contributed by atoms with E-state index in [1.165, 1.54) is 19.3 Å². The summed E-state index contributed by atoms with van der Waals surface area (Å²) in [7, 11) is 1.64. The van der Waals surface area contributed by atoms with Crippen LogP contribution in [-0.4, -0.2) is 34.6 Å². The van der Waals surface area contributed by atoms with E-state index in [2.05, 4.69) is 30.9 Å². The molecule has 0 spiro atoms. The maximum Gasteiger partial charge on any atom is 0.321 e. The molecular weight excluding hydrogens is 428 g/mol. The van der Waals surface area contributed by atoms with Gasteiger partial charge in [0, 0.05) is 16.9 Å². The number of aliphatic imine (C=N–C) groups is 1. The van der Waals surface area contributed by atoms with Crippen LogP contribution in [0, 0.1) is 31.6 Å². The van der Waals surface area contributed by atoms with Gasteiger partial charge in [0.25, 0.3) is 0 Å². The summed E-state index contributed by atoms with van der Waals surface area (Å²) in [6, 6.07) is 9.42. The van der Waals surface area contributed by atoms with Gasteiger partial charge in [0.2, 0.25) is 11.9 Å². The van der Waals surface area contributed by atoms with Crippen molar-refractivity contribution in [2.75, 3.05) is 12.4 Å². The van der Waals surface area contributed by atoms with E-state index < -0.39 is 0 Å². The monoisotopic (exact) mass is 462 g/mol. The van der Waals surface area contributed by atoms with Crippen molar-refractivity contribution >= 4 is 17.9 Å². The molecule has 34 heavy (non-hydrogen) atoms. The fraction of sp³-hybridized carbons (Fsp3) is 0.538. The molecule has 1 heterocycles. The lowest BCUT2D eigenvalue weighted by atomic mass is 9.53. The number of hydrogen-bond donors (Lipinski definition) is 3. The van der Waals surface area contributed by atoms with Crippen LogP contribution in [0.15, 0.2) is 35.3 Å². The largest absolute Gasteiger partial charge is 0.497 e. The molecule has 3 N–H and O–H groups in total. The zero-order valence-corrected chi connectivity index (χ0v) is 20.2. The second kappa shape index (κ2) is 9.24. The molecule has 6 rings (SSSR count). The Morgan fingerprint density at radius 1 is 1.03 bits per heavy atom. The Balaban J connectivity index is 1.31. The Morgan fingerprint density at radius 3 is 2.18 bits per heavy atom. The molecule has 4 fully saturated rings. The lowest BCUT2D eigenvalue weighted by Gasteiger charge is -2.56. The Kier molecular flexibility index (Phi) is 6.15. The van der Waals surface area contributed by atoms with Crippen molar-refractivity contribution < 1.29 is 9.53 Å². The average Bonchev–Trinajstić information content (AvgIpc) is 2.75. The number of ether oxygens (including phenoxy) is 1. The van der Waals surface area contributed by atoms with E-state index in [1.54, 1.807) is 7.11 Å². The first kappa shape index (κ1) is 22.6. The number of benzene rings is 1. The molecule has 4 saturated carbocycles. The van der Waals surface area contributed by atoms with Gasteiger partial charge in [0.15, 0.2) is 0 Å². The number of amides is 2. The van der Waals surface area contributed by atoms with Crippen molar-refractivity contribution in [2.45, 2.75) is 64.5 Å². The van der Waals surface area contributed by atoms with Gasteiger partial charge in [-0.1, -0.05) is 12.1 Å². The average molecular weight is 463 g/mol. The summed E-state index contributed by atoms with van der Waals surface area (Å²) in [5.74, 6) is 3.83. The van der Waals surface area contributed by atoms with Crippen molar-refractivity contribution in [1.29, 1.82) is 0 Å². The third-order valence-electron chi connectivity index (χ3n) is 7.44. The topological polar surface area (TPSA) is 101 Å². The Labute approximate surface area is 201 Å². The zero-order chi connectivity index (χ0) is 23.7. The van der Waals surface area contributed by atoms with E-state index in [-0.39, 0.29) is 11.6 Å². The first-order chi connectivity index (χ1) is 16.4. The molecule has 0 aliphatic heterocycles. The number of guanidine groups is 1. The van der Waals surface area contributed by atoms with Crippen LogP contribution in [0.1, 0.15) is 55.5 Å². The Morgan fingerprint density at radius 2 is 1.62 bits per heavy atom. The number of hydrogen-bond acceptors (Lipinski definition) is 5. The lowest BCUT2D eigenvalue weighted by molar-refractivity contribution is -0.0132. The van der Waals surface area contributed by atoms with Crippen molar-refractivity contribution in [3.05, 3.63) is 47.3 Å². The molecule has 180 valence electrons. The van der Waals surface area contributed by atoms with Crippen molar-refractivity contribution in [1.82, 2.24) is 20.6 Å². The number of carbonyl (C=O) groups is 1. The number of carbonyl (C=O) groups excluding carboxylic acids is 1. The Bertz CT molecular complexity index is 1030. The van der Waals surface area contributed by atoms with Gasteiger partial charge >= 0.3 is 6.03 Å². The fourth-order valence-corrected chi connectivity index (χ4v) is 6.54. The normalized spacial score (nSPS) is 27.4. The number of methoxy groups -OCH3 is 1. The molecule has 8 nitrogen and oxygen atoms in total. The predicted molar refractivity (Wildman–Crippen MR) is 132 cm³/mol. The van der Waals surface area contributed by atoms with Gasteiger partial charge in [-0.3, -0.25) is 10.6 Å². The van der Waals surface area contributed by atoms with E-state index in [9.17, 15) is 4.79 Å². The van der Waals surface area contributed by atoms with Crippen molar-refractivity contribution in [2.24, 2.45) is 22.7 Å². The van der Waals surface area contributed by atoms with Gasteiger partial charge in [-0.05, 0) is 93.9 Å². The smallest absolute Gasteiger partial charge is 0.321 e. The number of anilines is 1. The Hall–Kier alpha value is -3.16. The molecule has 4 aliphatic rings. The third kappa shape index (κ3) is 5.16. The number of nitrogens with zero attached hydrogens (tertiary/aromatic N) is 3. The molecule has 0 atom stereocenters. The minimum absolute atomic E-state index is 0.0731. The van der Waals surface area contributed by atoms with Crippen LogP contribution in [0.25, 0.3) is 0 Å². The molecule has 4 bridgehead atoms. The highest BCUT2D eigenvalue weighted by atomic mass is 16.5. The van der Waals surface area contributed by atoms with Crippen molar-refractivity contribution in [3.8, 4) is 5.75 Å². The van der Waals surface area contributed by atoms with Gasteiger partial charge in [0.1, 0.15) is 5.75 Å². The van der Waals surface area contributed by atoms with Crippen molar-refractivity contribution in [3.63, 3.8) is 0 Å². The lowest BCUT2D eigenvalue weighted by Crippen LogP contribution is -2.62. The SMILES string of the molecule is COc1ccc(CN=C(NC(=O)NC23CC4CC(CC(C4)C2)C3)Nc2nc(C)cc(C)n2)cc1. The van der Waals surface area contributed by atoms with E-state index in [0.29, 0.717) is 18.5 Å². The summed E-state index contributed by atoms with van der Waals surface area (Å²) >= 11 is 0. The number of aromatic nitrogens is 2. The highest BCUT2D eigenvalue weighted by molar-refractivity contribution is 6.03. The molecule has 1 aromatic carbocycles. The number of urea groups is 1. The van der Waals surface area contributed by atoms with Gasteiger partial charge in [0.05, 0.1) is 13.7 Å². The standard InChI is InChI=1S/C26H34N6O2/c1-16-8-17(2)29-24(28-16)30-23(27-15-18-4-6-22(34-3)7-5-18)31-25(33)32-26-12-19-9-20(13-26)11-21(10-19)14-26/h4-8,19-21H,9-15H2,1-3H3,(H3,27,28,29,30,31,32,33). The van der Waals surface area contributed by atoms with Gasteiger partial charge < -0.3 is 10.1 Å². The highest BCUT2D eigenvalue weighted by Gasteiger charge is 2.51. The minimum atomic E-state index is -0.215. The van der Waals surface area contributed by atoms with Gasteiger partial charge in [-0.15, -0.1) is 0 Å². The molecule has 2 amide bonds. The molecule has 2 aromatic rings. The van der Waals surface area contributed by atoms with Crippen LogP contribution < -0.4 is 20.7 Å². The first-order valence-corrected chi connectivity index (χ1v) is 12.2. The van der Waals surface area contributed by atoms with Crippen LogP contribution in [0.3, 0.4) is 0 Å². The molecular formula is C26H34N6O2. The van der Waals surface area contributed by atoms with Crippen LogP contribution >= 0.6 is 0 Å². The summed E-state index contributed by atoms with van der Waals surface area (Å²) in [4.78, 5) is 26.7. The number of rotatable bonds is 5. The molecule has 0 saturated heterocycles. The molecule has 4 aliphatic carbocycles. The quantitative estimate of drug-likeness (QED) is 0.453. The summed E-state index contributed by atoms with van der Waals surface area (Å²) in [6.07, 6.45) is 7.29. The fourth-order valence-electron chi connectivity index (χ4n) is 6.54. The summed E-state index contributed by atoms with van der Waals surface area (Å²) in [5, 5.41) is 9.43. The van der Waals surface area contributed by atoms with E-state index in [4.69, 9.17) is 4.74 Å². The number of aryl methyl sites for hydroxylation is 2. The highest BCUT2D eigenvalue weighted by Crippen LogP contribution is 2.55. The molecule has 0 unspecified atom stereocenters. The first-order valence-electron chi connectivity index (χ1n) is 12.2. The minimum Gasteiger partial charge on any atom is -0.497 e. The molecule has 0 radical (unpaired) electrons. The van der Waals surface area contributed by atoms with Crippen LogP contribution in [-0.2, 0) is 6.54 Å². The summed E-state index contributed by atoms with van der Waals surface area (Å²) in [6.45, 7) is 4.23. The zero-order valence-electron chi connectivity index (χ0n) is 20.2. The van der Waals surface area contributed by atoms with Gasteiger partial charge in [-0.2, -0.15) is 0 Å². The van der Waals surface area contributed by atoms with Gasteiger partial charge in [-0.25, -0.2) is 19.8 Å². The second-order valence-corrected chi connectivity index (χ2v) is 10.4. The molecule has 1 aromatic heterocycles. The maximum atomic E-state index is 13.2. The summed E-state index contributed by atoms with van der Waals surface area (Å²) in [5.41, 5.74) is 2.63. The predicted octanol–water partition coefficient (Wildman–Crippen LogP) is 4.34. The van der Waals surface area contributed by atoms with E-state index in [0.717, 1.165) is 59.7 Å². The van der Waals surface area contributed by atoms with Crippen LogP contribution in [0.2, 0.25) is 0 Å². The van der Waals surface area contributed by atoms with Crippen LogP contribution in [0.5, 0.6) is 5.75 Å². The second-order valence-electron chi connectivity index (χ2n) is 10.4. The van der Waals surface area contributed by atoms with E-state index in [1.807, 2.05) is 44.2 Å². The maximum absolute atomic E-state index is 13.2.